The zero-order valence-corrected chi connectivity index (χ0v) is 16.3. The van der Waals surface area contributed by atoms with E-state index in [1.165, 1.54) is 31.5 Å². The zero-order chi connectivity index (χ0) is 18.1. The number of nitrogens with one attached hydrogen (secondary N) is 1. The van der Waals surface area contributed by atoms with E-state index in [4.69, 9.17) is 9.73 Å². The summed E-state index contributed by atoms with van der Waals surface area (Å²) in [7, 11) is 3.81. The lowest BCUT2D eigenvalue weighted by molar-refractivity contribution is 0.186. The largest absolute Gasteiger partial charge is 0.496 e. The fourth-order valence-electron chi connectivity index (χ4n) is 3.44. The van der Waals surface area contributed by atoms with Crippen molar-refractivity contribution >= 4 is 5.96 Å². The van der Waals surface area contributed by atoms with Gasteiger partial charge in [0.15, 0.2) is 5.96 Å². The smallest absolute Gasteiger partial charge is 0.193 e. The minimum atomic E-state index is 0.669. The van der Waals surface area contributed by atoms with E-state index >= 15 is 0 Å². The minimum absolute atomic E-state index is 0.669. The second-order valence-corrected chi connectivity index (χ2v) is 6.76. The number of guanidine groups is 1. The molecule has 0 bridgehead atoms. The van der Waals surface area contributed by atoms with Gasteiger partial charge in [-0.3, -0.25) is 4.99 Å². The molecule has 0 saturated carbocycles. The number of aliphatic imine (C=N–C) groups is 1. The van der Waals surface area contributed by atoms with Crippen molar-refractivity contribution in [3.8, 4) is 5.75 Å². The maximum Gasteiger partial charge on any atom is 0.193 e. The topological polar surface area (TPSA) is 40.1 Å². The lowest BCUT2D eigenvalue weighted by atomic mass is 9.98. The van der Waals surface area contributed by atoms with Crippen molar-refractivity contribution in [2.75, 3.05) is 46.9 Å². The molecule has 0 amide bonds. The number of ether oxygens (including phenoxy) is 1. The molecule has 1 aromatic rings. The summed E-state index contributed by atoms with van der Waals surface area (Å²) in [4.78, 5) is 9.64. The molecule has 0 radical (unpaired) electrons. The monoisotopic (exact) mass is 346 g/mol. The van der Waals surface area contributed by atoms with Crippen molar-refractivity contribution in [3.63, 3.8) is 0 Å². The molecule has 1 saturated heterocycles. The Balaban J connectivity index is 2.00. The van der Waals surface area contributed by atoms with E-state index in [-0.39, 0.29) is 0 Å². The van der Waals surface area contributed by atoms with Crippen LogP contribution in [0.5, 0.6) is 5.75 Å². The van der Waals surface area contributed by atoms with E-state index in [1.807, 2.05) is 12.1 Å². The van der Waals surface area contributed by atoms with Crippen molar-refractivity contribution in [2.24, 2.45) is 10.9 Å². The predicted molar refractivity (Wildman–Crippen MR) is 105 cm³/mol. The average Bonchev–Trinajstić information content (AvgIpc) is 2.65. The highest BCUT2D eigenvalue weighted by atomic mass is 16.5. The minimum Gasteiger partial charge on any atom is -0.496 e. The number of piperidine rings is 1. The Hall–Kier alpha value is -1.75. The summed E-state index contributed by atoms with van der Waals surface area (Å²) in [6.07, 6.45) is 2.58. The molecule has 1 atom stereocenters. The molecular formula is C20H34N4O. The standard InChI is InChI=1S/C20H34N4O/c1-5-21-20(22-14-17-10-9-13-24(6-2)15-17)23(3)16-18-11-7-8-12-19(18)25-4/h7-8,11-12,17H,5-6,9-10,13-16H2,1-4H3,(H,21,22). The molecule has 1 aliphatic heterocycles. The van der Waals surface area contributed by atoms with E-state index < -0.39 is 0 Å². The quantitative estimate of drug-likeness (QED) is 0.609. The van der Waals surface area contributed by atoms with Gasteiger partial charge in [0.05, 0.1) is 7.11 Å². The third-order valence-electron chi connectivity index (χ3n) is 4.85. The van der Waals surface area contributed by atoms with E-state index in [1.54, 1.807) is 7.11 Å². The second-order valence-electron chi connectivity index (χ2n) is 6.76. The number of hydrogen-bond donors (Lipinski definition) is 1. The lowest BCUT2D eigenvalue weighted by Crippen LogP contribution is -2.40. The Bertz CT molecular complexity index is 546. The molecule has 5 nitrogen and oxygen atoms in total. The van der Waals surface area contributed by atoms with Gasteiger partial charge in [0.25, 0.3) is 0 Å². The van der Waals surface area contributed by atoms with Gasteiger partial charge in [-0.05, 0) is 44.8 Å². The van der Waals surface area contributed by atoms with Crippen LogP contribution in [0.2, 0.25) is 0 Å². The predicted octanol–water partition coefficient (Wildman–Crippen LogP) is 2.82. The molecule has 1 N–H and O–H groups in total. The van der Waals surface area contributed by atoms with Crippen molar-refractivity contribution in [3.05, 3.63) is 29.8 Å². The van der Waals surface area contributed by atoms with Crippen LogP contribution in [0.25, 0.3) is 0 Å². The molecule has 1 unspecified atom stereocenters. The van der Waals surface area contributed by atoms with Gasteiger partial charge in [-0.1, -0.05) is 25.1 Å². The lowest BCUT2D eigenvalue weighted by Gasteiger charge is -2.31. The van der Waals surface area contributed by atoms with Crippen molar-refractivity contribution in [1.82, 2.24) is 15.1 Å². The Labute approximate surface area is 153 Å². The summed E-state index contributed by atoms with van der Waals surface area (Å²) in [5, 5.41) is 3.43. The van der Waals surface area contributed by atoms with E-state index in [0.717, 1.165) is 37.9 Å². The molecule has 5 heteroatoms. The van der Waals surface area contributed by atoms with Crippen LogP contribution < -0.4 is 10.1 Å². The van der Waals surface area contributed by atoms with Gasteiger partial charge >= 0.3 is 0 Å². The van der Waals surface area contributed by atoms with Crippen LogP contribution in [0.3, 0.4) is 0 Å². The molecule has 1 heterocycles. The SMILES string of the molecule is CCNC(=NCC1CCCN(CC)C1)N(C)Cc1ccccc1OC. The number of benzene rings is 1. The van der Waals surface area contributed by atoms with Crippen LogP contribution in [-0.4, -0.2) is 62.6 Å². The van der Waals surface area contributed by atoms with Crippen LogP contribution in [-0.2, 0) is 6.54 Å². The third-order valence-corrected chi connectivity index (χ3v) is 4.85. The van der Waals surface area contributed by atoms with Gasteiger partial charge < -0.3 is 19.9 Å². The summed E-state index contributed by atoms with van der Waals surface area (Å²) < 4.78 is 5.47. The van der Waals surface area contributed by atoms with Crippen LogP contribution in [0.1, 0.15) is 32.3 Å². The Kier molecular flexibility index (Phi) is 8.06. The molecule has 0 aliphatic carbocycles. The Morgan fingerprint density at radius 2 is 2.16 bits per heavy atom. The van der Waals surface area contributed by atoms with Gasteiger partial charge in [-0.25, -0.2) is 0 Å². The molecular weight excluding hydrogens is 312 g/mol. The Morgan fingerprint density at radius 1 is 1.36 bits per heavy atom. The van der Waals surface area contributed by atoms with E-state index in [0.29, 0.717) is 5.92 Å². The number of rotatable bonds is 7. The first-order valence-electron chi connectivity index (χ1n) is 9.51. The highest BCUT2D eigenvalue weighted by Gasteiger charge is 2.19. The molecule has 0 aromatic heterocycles. The molecule has 25 heavy (non-hydrogen) atoms. The van der Waals surface area contributed by atoms with Gasteiger partial charge in [0.1, 0.15) is 5.75 Å². The Morgan fingerprint density at radius 3 is 2.88 bits per heavy atom. The highest BCUT2D eigenvalue weighted by Crippen LogP contribution is 2.19. The van der Waals surface area contributed by atoms with Crippen LogP contribution in [0, 0.1) is 5.92 Å². The first-order valence-corrected chi connectivity index (χ1v) is 9.51. The summed E-state index contributed by atoms with van der Waals surface area (Å²) in [5.41, 5.74) is 1.17. The van der Waals surface area contributed by atoms with Crippen molar-refractivity contribution < 1.29 is 4.74 Å². The maximum atomic E-state index is 5.47. The molecule has 140 valence electrons. The maximum absolute atomic E-state index is 5.47. The fourth-order valence-corrected chi connectivity index (χ4v) is 3.44. The normalized spacial score (nSPS) is 18.9. The van der Waals surface area contributed by atoms with Gasteiger partial charge in [-0.15, -0.1) is 0 Å². The first-order chi connectivity index (χ1) is 12.2. The molecule has 0 spiro atoms. The van der Waals surface area contributed by atoms with Crippen LogP contribution in [0.4, 0.5) is 0 Å². The van der Waals surface area contributed by atoms with Crippen molar-refractivity contribution in [2.45, 2.75) is 33.2 Å². The summed E-state index contributed by atoms with van der Waals surface area (Å²) in [6, 6.07) is 8.18. The van der Waals surface area contributed by atoms with Gasteiger partial charge in [0.2, 0.25) is 0 Å². The van der Waals surface area contributed by atoms with Crippen LogP contribution >= 0.6 is 0 Å². The number of para-hydroxylation sites is 1. The summed E-state index contributed by atoms with van der Waals surface area (Å²) in [5.74, 6) is 2.57. The van der Waals surface area contributed by atoms with E-state index in [2.05, 4.69) is 48.1 Å². The number of nitrogens with zero attached hydrogens (tertiary/aromatic N) is 3. The number of hydrogen-bond acceptors (Lipinski definition) is 3. The van der Waals surface area contributed by atoms with Crippen molar-refractivity contribution in [1.29, 1.82) is 0 Å². The highest BCUT2D eigenvalue weighted by molar-refractivity contribution is 5.79. The molecule has 1 fully saturated rings. The fraction of sp³-hybridized carbons (Fsp3) is 0.650. The van der Waals surface area contributed by atoms with Gasteiger partial charge in [-0.2, -0.15) is 0 Å². The van der Waals surface area contributed by atoms with E-state index in [9.17, 15) is 0 Å². The summed E-state index contributed by atoms with van der Waals surface area (Å²) in [6.45, 7) is 10.5. The van der Waals surface area contributed by atoms with Gasteiger partial charge in [0, 0.05) is 38.8 Å². The molecule has 1 aromatic carbocycles. The first kappa shape index (κ1) is 19.6. The summed E-state index contributed by atoms with van der Waals surface area (Å²) >= 11 is 0. The molecule has 1 aliphatic rings. The average molecular weight is 347 g/mol. The second kappa shape index (κ2) is 10.3. The zero-order valence-electron chi connectivity index (χ0n) is 16.3. The number of likely N-dealkylation sites (tertiary alicyclic amines) is 1. The molecule has 2 rings (SSSR count). The third kappa shape index (κ3) is 5.92. The number of methoxy groups -OCH3 is 1. The van der Waals surface area contributed by atoms with Crippen LogP contribution in [0.15, 0.2) is 29.3 Å².